The van der Waals surface area contributed by atoms with Crippen molar-refractivity contribution in [2.45, 2.75) is 6.92 Å². The minimum atomic E-state index is 0.442. The summed E-state index contributed by atoms with van der Waals surface area (Å²) in [5.74, 6) is 2.00. The molecule has 0 radical (unpaired) electrons. The molecule has 2 rings (SSSR count). The topological polar surface area (TPSA) is 59.7 Å². The molecule has 0 spiro atoms. The molecule has 1 aromatic carbocycles. The Hall–Kier alpha value is -2.30. The second kappa shape index (κ2) is 5.16. The van der Waals surface area contributed by atoms with Crippen LogP contribution in [-0.2, 0) is 0 Å². The lowest BCUT2D eigenvalue weighted by molar-refractivity contribution is 0.367. The maximum absolute atomic E-state index is 5.44. The van der Waals surface area contributed by atoms with E-state index in [9.17, 15) is 0 Å². The van der Waals surface area contributed by atoms with Crippen molar-refractivity contribution in [2.75, 3.05) is 12.4 Å². The first-order valence-electron chi connectivity index (χ1n) is 5.16. The summed E-state index contributed by atoms with van der Waals surface area (Å²) in [5.41, 5.74) is 0.959. The first kappa shape index (κ1) is 11.2. The Labute approximate surface area is 99.1 Å². The van der Waals surface area contributed by atoms with Gasteiger partial charge in [-0.25, -0.2) is 0 Å². The maximum Gasteiger partial charge on any atom is 0.259 e. The van der Waals surface area contributed by atoms with E-state index in [-0.39, 0.29) is 0 Å². The van der Waals surface area contributed by atoms with Crippen LogP contribution in [0.25, 0.3) is 0 Å². The zero-order chi connectivity index (χ0) is 12.1. The van der Waals surface area contributed by atoms with Crippen LogP contribution >= 0.6 is 0 Å². The predicted molar refractivity (Wildman–Crippen MR) is 65.7 cm³/mol. The highest BCUT2D eigenvalue weighted by Gasteiger charge is 2.00. The van der Waals surface area contributed by atoms with Crippen molar-refractivity contribution in [3.05, 3.63) is 36.6 Å². The molecule has 1 aromatic heterocycles. The number of aromatic nitrogens is 1. The Morgan fingerprint density at radius 2 is 2.06 bits per heavy atom. The summed E-state index contributed by atoms with van der Waals surface area (Å²) in [5, 5.41) is 6.80. The molecule has 0 bridgehead atoms. The maximum atomic E-state index is 5.44. The van der Waals surface area contributed by atoms with Crippen LogP contribution in [0.1, 0.15) is 6.92 Å². The summed E-state index contributed by atoms with van der Waals surface area (Å²) in [6.07, 6.45) is 1.46. The van der Waals surface area contributed by atoms with E-state index in [0.29, 0.717) is 11.6 Å². The summed E-state index contributed by atoms with van der Waals surface area (Å²) in [6, 6.07) is 9.16. The molecule has 0 atom stereocenters. The van der Waals surface area contributed by atoms with Gasteiger partial charge in [0, 0.05) is 18.8 Å². The number of nitrogens with one attached hydrogen (secondary N) is 1. The lowest BCUT2D eigenvalue weighted by atomic mass is 10.3. The van der Waals surface area contributed by atoms with Crippen LogP contribution in [0.2, 0.25) is 0 Å². The number of anilines is 1. The quantitative estimate of drug-likeness (QED) is 0.651. The van der Waals surface area contributed by atoms with Gasteiger partial charge in [-0.1, -0.05) is 0 Å². The van der Waals surface area contributed by atoms with E-state index in [1.165, 1.54) is 6.26 Å². The molecule has 1 heterocycles. The van der Waals surface area contributed by atoms with Gasteiger partial charge < -0.3 is 14.6 Å². The molecule has 0 aliphatic heterocycles. The van der Waals surface area contributed by atoms with Gasteiger partial charge in [-0.15, -0.1) is 0 Å². The fourth-order valence-electron chi connectivity index (χ4n) is 1.25. The van der Waals surface area contributed by atoms with Gasteiger partial charge in [0.1, 0.15) is 12.0 Å². The van der Waals surface area contributed by atoms with E-state index in [1.807, 2.05) is 31.2 Å². The molecule has 2 aromatic rings. The van der Waals surface area contributed by atoms with Gasteiger partial charge >= 0.3 is 0 Å². The Balaban J connectivity index is 2.03. The van der Waals surface area contributed by atoms with E-state index in [1.54, 1.807) is 13.1 Å². The van der Waals surface area contributed by atoms with Crippen LogP contribution in [0.15, 0.2) is 46.1 Å². The van der Waals surface area contributed by atoms with E-state index in [0.717, 1.165) is 11.5 Å². The number of hydrogen-bond donors (Lipinski definition) is 1. The van der Waals surface area contributed by atoms with Crippen molar-refractivity contribution in [1.82, 2.24) is 5.16 Å². The third-order valence-corrected chi connectivity index (χ3v) is 2.15. The normalized spacial score (nSPS) is 11.3. The molecule has 0 fully saturated rings. The minimum absolute atomic E-state index is 0.442. The monoisotopic (exact) mass is 231 g/mol. The van der Waals surface area contributed by atoms with Crippen molar-refractivity contribution in [3.63, 3.8) is 0 Å². The largest absolute Gasteiger partial charge is 0.436 e. The first-order chi connectivity index (χ1) is 8.28. The average Bonchev–Trinajstić information content (AvgIpc) is 2.84. The Bertz CT molecular complexity index is 489. The highest BCUT2D eigenvalue weighted by molar-refractivity contribution is 5.93. The average molecular weight is 231 g/mol. The molecule has 0 amide bonds. The van der Waals surface area contributed by atoms with Crippen LogP contribution < -0.4 is 10.1 Å². The van der Waals surface area contributed by atoms with Crippen LogP contribution in [0, 0.1) is 0 Å². The number of ether oxygens (including phenoxy) is 1. The van der Waals surface area contributed by atoms with Crippen molar-refractivity contribution in [1.29, 1.82) is 0 Å². The van der Waals surface area contributed by atoms with Gasteiger partial charge in [0.15, 0.2) is 0 Å². The molecule has 0 aliphatic carbocycles. The third kappa shape index (κ3) is 3.07. The van der Waals surface area contributed by atoms with Crippen molar-refractivity contribution >= 4 is 11.5 Å². The van der Waals surface area contributed by atoms with Gasteiger partial charge in [0.2, 0.25) is 0 Å². The van der Waals surface area contributed by atoms with Gasteiger partial charge in [-0.2, -0.15) is 0 Å². The molecule has 0 saturated heterocycles. The minimum Gasteiger partial charge on any atom is -0.436 e. The van der Waals surface area contributed by atoms with Crippen molar-refractivity contribution in [2.24, 2.45) is 4.99 Å². The molecular formula is C12H13N3O2. The molecule has 88 valence electrons. The number of benzene rings is 1. The van der Waals surface area contributed by atoms with E-state index < -0.39 is 0 Å². The Kier molecular flexibility index (Phi) is 3.40. The van der Waals surface area contributed by atoms with E-state index >= 15 is 0 Å². The van der Waals surface area contributed by atoms with Crippen molar-refractivity contribution in [3.8, 4) is 11.6 Å². The standard InChI is InChI=1S/C12H13N3O2/c1-9(13-2)14-10-3-5-11(6-4-10)17-12-7-8-16-15-12/h3-8H,1-2H3,(H,13,14). The smallest absolute Gasteiger partial charge is 0.259 e. The van der Waals surface area contributed by atoms with E-state index in [2.05, 4.69) is 20.0 Å². The molecule has 0 aliphatic rings. The zero-order valence-corrected chi connectivity index (χ0v) is 9.68. The number of rotatable bonds is 3. The van der Waals surface area contributed by atoms with Gasteiger partial charge in [-0.3, -0.25) is 4.99 Å². The molecule has 1 N–H and O–H groups in total. The fraction of sp³-hybridized carbons (Fsp3) is 0.167. The number of amidine groups is 1. The second-order valence-corrected chi connectivity index (χ2v) is 3.40. The predicted octanol–water partition coefficient (Wildman–Crippen LogP) is 2.93. The molecule has 0 saturated carbocycles. The van der Waals surface area contributed by atoms with Crippen molar-refractivity contribution < 1.29 is 9.26 Å². The molecular weight excluding hydrogens is 218 g/mol. The summed E-state index contributed by atoms with van der Waals surface area (Å²) < 4.78 is 10.1. The SMILES string of the molecule is CN=C(C)Nc1ccc(Oc2ccon2)cc1. The van der Waals surface area contributed by atoms with Crippen LogP contribution in [-0.4, -0.2) is 18.0 Å². The highest BCUT2D eigenvalue weighted by Crippen LogP contribution is 2.21. The lowest BCUT2D eigenvalue weighted by Crippen LogP contribution is -2.06. The second-order valence-electron chi connectivity index (χ2n) is 3.40. The number of aliphatic imine (C=N–C) groups is 1. The molecule has 5 nitrogen and oxygen atoms in total. The first-order valence-corrected chi connectivity index (χ1v) is 5.16. The van der Waals surface area contributed by atoms with Gasteiger partial charge in [0.25, 0.3) is 5.88 Å². The summed E-state index contributed by atoms with van der Waals surface area (Å²) in [6.45, 7) is 1.90. The number of nitrogens with zero attached hydrogens (tertiary/aromatic N) is 2. The Morgan fingerprint density at radius 3 is 2.65 bits per heavy atom. The fourth-order valence-corrected chi connectivity index (χ4v) is 1.25. The van der Waals surface area contributed by atoms with Gasteiger partial charge in [0.05, 0.1) is 5.84 Å². The van der Waals surface area contributed by atoms with Crippen LogP contribution in [0.3, 0.4) is 0 Å². The number of hydrogen-bond acceptors (Lipinski definition) is 4. The highest BCUT2D eigenvalue weighted by atomic mass is 16.5. The molecule has 17 heavy (non-hydrogen) atoms. The Morgan fingerprint density at radius 1 is 1.29 bits per heavy atom. The third-order valence-electron chi connectivity index (χ3n) is 2.15. The summed E-state index contributed by atoms with van der Waals surface area (Å²) in [7, 11) is 1.74. The summed E-state index contributed by atoms with van der Waals surface area (Å²) in [4.78, 5) is 4.02. The van der Waals surface area contributed by atoms with Crippen LogP contribution in [0.4, 0.5) is 5.69 Å². The van der Waals surface area contributed by atoms with Crippen LogP contribution in [0.5, 0.6) is 11.6 Å². The summed E-state index contributed by atoms with van der Waals surface area (Å²) >= 11 is 0. The van der Waals surface area contributed by atoms with Gasteiger partial charge in [-0.05, 0) is 36.3 Å². The lowest BCUT2D eigenvalue weighted by Gasteiger charge is -2.06. The molecule has 5 heteroatoms. The zero-order valence-electron chi connectivity index (χ0n) is 9.68. The molecule has 0 unspecified atom stereocenters. The van der Waals surface area contributed by atoms with E-state index in [4.69, 9.17) is 4.74 Å².